The van der Waals surface area contributed by atoms with Gasteiger partial charge in [0.15, 0.2) is 8.32 Å². The van der Waals surface area contributed by atoms with Crippen molar-refractivity contribution in [2.45, 2.75) is 115 Å². The van der Waals surface area contributed by atoms with Crippen molar-refractivity contribution in [1.82, 2.24) is 9.78 Å². The first-order chi connectivity index (χ1) is 15.5. The molecule has 2 aromatic rings. The van der Waals surface area contributed by atoms with Gasteiger partial charge in [-0.3, -0.25) is 0 Å². The number of fused-ring (bicyclic) bond motifs is 1. The molecule has 1 saturated carbocycles. The topological polar surface area (TPSA) is 39.1 Å². The molecule has 0 saturated heterocycles. The van der Waals surface area contributed by atoms with Crippen molar-refractivity contribution >= 4 is 19.8 Å². The van der Waals surface area contributed by atoms with Crippen LogP contribution in [0.25, 0.3) is 0 Å². The molecule has 0 spiro atoms. The van der Waals surface area contributed by atoms with Crippen LogP contribution < -0.4 is 5.32 Å². The third-order valence-electron chi connectivity index (χ3n) is 7.81. The molecular weight excluding hydrogens is 448 g/mol. The molecule has 34 heavy (non-hydrogen) atoms. The van der Waals surface area contributed by atoms with Crippen LogP contribution in [0.2, 0.25) is 18.1 Å². The number of hydrogen-bond acceptors (Lipinski definition) is 3. The van der Waals surface area contributed by atoms with E-state index in [1.54, 1.807) is 0 Å². The quantitative estimate of drug-likeness (QED) is 0.436. The van der Waals surface area contributed by atoms with Crippen LogP contribution in [0.1, 0.15) is 83.5 Å². The van der Waals surface area contributed by atoms with Crippen molar-refractivity contribution in [1.29, 1.82) is 0 Å². The first-order valence-corrected chi connectivity index (χ1v) is 15.5. The van der Waals surface area contributed by atoms with Crippen molar-refractivity contribution in [3.05, 3.63) is 41.1 Å². The largest absolute Gasteiger partial charge is 0.414 e. The van der Waals surface area contributed by atoms with Crippen LogP contribution in [0.3, 0.4) is 0 Å². The second kappa shape index (κ2) is 8.44. The molecule has 1 N–H and O–H groups in total. The molecule has 188 valence electrons. The predicted octanol–water partition coefficient (Wildman–Crippen LogP) is 7.77. The van der Waals surface area contributed by atoms with E-state index in [2.05, 4.69) is 66.0 Å². The van der Waals surface area contributed by atoms with Crippen LogP contribution >= 0.6 is 0 Å². The number of aromatic nitrogens is 2. The molecule has 2 aliphatic carbocycles. The van der Waals surface area contributed by atoms with Gasteiger partial charge in [0.25, 0.3) is 5.92 Å². The van der Waals surface area contributed by atoms with E-state index in [1.807, 2.05) is 22.9 Å². The molecule has 1 aromatic heterocycles. The van der Waals surface area contributed by atoms with Crippen molar-refractivity contribution in [2.24, 2.45) is 0 Å². The van der Waals surface area contributed by atoms with Gasteiger partial charge in [0.1, 0.15) is 5.82 Å². The van der Waals surface area contributed by atoms with Gasteiger partial charge in [-0.1, -0.05) is 26.8 Å². The molecule has 2 atom stereocenters. The van der Waals surface area contributed by atoms with Gasteiger partial charge >= 0.3 is 0 Å². The number of anilines is 2. The minimum Gasteiger partial charge on any atom is -0.414 e. The third kappa shape index (κ3) is 5.25. The molecule has 4 rings (SSSR count). The van der Waals surface area contributed by atoms with Crippen LogP contribution in [0.5, 0.6) is 0 Å². The van der Waals surface area contributed by atoms with Crippen LogP contribution in [-0.2, 0) is 22.8 Å². The van der Waals surface area contributed by atoms with Crippen molar-refractivity contribution in [2.75, 3.05) is 5.32 Å². The summed E-state index contributed by atoms with van der Waals surface area (Å²) in [5.74, 6) is -1.36. The SMILES string of the molecule is CC(C)(C)n1nc([C@H]2CC[C@@H](O[Si](C)(C)C(C)(C)C)C2)cc1Nc1ccc2c(c1)CC(F)(F)C2. The van der Waals surface area contributed by atoms with E-state index >= 15 is 0 Å². The number of nitrogens with zero attached hydrogens (tertiary/aromatic N) is 2. The standard InChI is InChI=1S/C27H41F2N3OSi/c1-25(2,3)32-24(30-21-11-9-19-16-27(28,29)17-20(19)13-21)15-23(31-32)18-10-12-22(14-18)33-34(7,8)26(4,5)6/h9,11,13,15,18,22,30H,10,12,14,16-17H2,1-8H3/t18-,22+/m0/s1. The second-order valence-corrected chi connectivity index (χ2v) is 17.6. The fourth-order valence-electron chi connectivity index (χ4n) is 4.92. The van der Waals surface area contributed by atoms with Crippen molar-refractivity contribution < 1.29 is 13.2 Å². The smallest absolute Gasteiger partial charge is 0.256 e. The van der Waals surface area contributed by atoms with E-state index in [4.69, 9.17) is 9.52 Å². The molecule has 1 fully saturated rings. The lowest BCUT2D eigenvalue weighted by Crippen LogP contribution is -2.43. The van der Waals surface area contributed by atoms with Gasteiger partial charge in [-0.15, -0.1) is 0 Å². The van der Waals surface area contributed by atoms with Gasteiger partial charge < -0.3 is 9.74 Å². The molecule has 0 amide bonds. The lowest BCUT2D eigenvalue weighted by molar-refractivity contribution is 0.0130. The average molecular weight is 490 g/mol. The summed E-state index contributed by atoms with van der Waals surface area (Å²) < 4.78 is 36.4. The zero-order chi connectivity index (χ0) is 25.1. The Morgan fingerprint density at radius 3 is 2.35 bits per heavy atom. The zero-order valence-corrected chi connectivity index (χ0v) is 23.1. The van der Waals surface area contributed by atoms with Crippen LogP contribution in [-0.4, -0.2) is 30.1 Å². The predicted molar refractivity (Wildman–Crippen MR) is 138 cm³/mol. The fraction of sp³-hybridized carbons (Fsp3) is 0.667. The molecule has 2 aliphatic rings. The molecular formula is C27H41F2N3OSi. The number of hydrogen-bond donors (Lipinski definition) is 1. The Bertz CT molecular complexity index is 1050. The molecule has 0 aliphatic heterocycles. The summed E-state index contributed by atoms with van der Waals surface area (Å²) >= 11 is 0. The maximum Gasteiger partial charge on any atom is 0.256 e. The van der Waals surface area contributed by atoms with Crippen LogP contribution in [0, 0.1) is 0 Å². The van der Waals surface area contributed by atoms with E-state index in [0.717, 1.165) is 47.6 Å². The first kappa shape index (κ1) is 25.4. The minimum absolute atomic E-state index is 0.160. The number of benzene rings is 1. The summed E-state index contributed by atoms with van der Waals surface area (Å²) in [6.07, 6.45) is 3.10. The Kier molecular flexibility index (Phi) is 6.29. The zero-order valence-electron chi connectivity index (χ0n) is 22.1. The molecule has 7 heteroatoms. The molecule has 0 unspecified atom stereocenters. The van der Waals surface area contributed by atoms with Crippen molar-refractivity contribution in [3.8, 4) is 0 Å². The number of alkyl halides is 2. The molecule has 1 aromatic carbocycles. The van der Waals surface area contributed by atoms with E-state index < -0.39 is 14.2 Å². The maximum absolute atomic E-state index is 13.8. The summed E-state index contributed by atoms with van der Waals surface area (Å²) in [6.45, 7) is 17.9. The first-order valence-electron chi connectivity index (χ1n) is 12.6. The van der Waals surface area contributed by atoms with E-state index in [-0.39, 0.29) is 23.4 Å². The number of rotatable bonds is 5. The second-order valence-electron chi connectivity index (χ2n) is 12.9. The molecule has 0 radical (unpaired) electrons. The molecule has 4 nitrogen and oxygen atoms in total. The Morgan fingerprint density at radius 1 is 1.03 bits per heavy atom. The van der Waals surface area contributed by atoms with E-state index in [0.29, 0.717) is 12.0 Å². The summed E-state index contributed by atoms with van der Waals surface area (Å²) in [4.78, 5) is 0. The number of halogens is 2. The van der Waals surface area contributed by atoms with Gasteiger partial charge in [-0.25, -0.2) is 13.5 Å². The normalized spacial score (nSPS) is 22.8. The van der Waals surface area contributed by atoms with Gasteiger partial charge in [0.2, 0.25) is 0 Å². The highest BCUT2D eigenvalue weighted by Gasteiger charge is 2.41. The summed E-state index contributed by atoms with van der Waals surface area (Å²) in [6, 6.07) is 7.75. The maximum atomic E-state index is 13.8. The fourth-order valence-corrected chi connectivity index (χ4v) is 6.32. The number of nitrogens with one attached hydrogen (secondary N) is 1. The highest BCUT2D eigenvalue weighted by Crippen LogP contribution is 2.43. The molecule has 1 heterocycles. The third-order valence-corrected chi connectivity index (χ3v) is 12.3. The van der Waals surface area contributed by atoms with Gasteiger partial charge in [-0.2, -0.15) is 5.10 Å². The lowest BCUT2D eigenvalue weighted by atomic mass is 10.0. The van der Waals surface area contributed by atoms with Gasteiger partial charge in [-0.05, 0) is 81.4 Å². The van der Waals surface area contributed by atoms with E-state index in [9.17, 15) is 8.78 Å². The Morgan fingerprint density at radius 2 is 1.71 bits per heavy atom. The summed E-state index contributed by atoms with van der Waals surface area (Å²) in [7, 11) is -1.80. The minimum atomic E-state index is -2.63. The Balaban J connectivity index is 1.53. The van der Waals surface area contributed by atoms with Gasteiger partial charge in [0.05, 0.1) is 11.2 Å². The van der Waals surface area contributed by atoms with Crippen molar-refractivity contribution in [3.63, 3.8) is 0 Å². The average Bonchev–Trinajstić information content (AvgIpc) is 3.35. The van der Waals surface area contributed by atoms with Crippen LogP contribution in [0.15, 0.2) is 24.3 Å². The monoisotopic (exact) mass is 489 g/mol. The highest BCUT2D eigenvalue weighted by atomic mass is 28.4. The Labute approximate surface area is 204 Å². The summed E-state index contributed by atoms with van der Waals surface area (Å²) in [5, 5.41) is 8.71. The van der Waals surface area contributed by atoms with Gasteiger partial charge in [0, 0.05) is 36.6 Å². The lowest BCUT2D eigenvalue weighted by Gasteiger charge is -2.38. The molecule has 0 bridgehead atoms. The highest BCUT2D eigenvalue weighted by molar-refractivity contribution is 6.74. The summed E-state index contributed by atoms with van der Waals surface area (Å²) in [5.41, 5.74) is 3.20. The van der Waals surface area contributed by atoms with E-state index in [1.165, 1.54) is 0 Å². The Hall–Kier alpha value is -1.73. The van der Waals surface area contributed by atoms with Crippen LogP contribution in [0.4, 0.5) is 20.3 Å².